The smallest absolute Gasteiger partial charge is 0.244 e. The maximum Gasteiger partial charge on any atom is 0.244 e. The predicted molar refractivity (Wildman–Crippen MR) is 130 cm³/mol. The van der Waals surface area contributed by atoms with E-state index in [0.717, 1.165) is 22.4 Å². The maximum atomic E-state index is 12.8. The van der Waals surface area contributed by atoms with E-state index in [1.54, 1.807) is 31.8 Å². The maximum absolute atomic E-state index is 12.8. The molecule has 1 atom stereocenters. The van der Waals surface area contributed by atoms with Gasteiger partial charge in [0.25, 0.3) is 0 Å². The fourth-order valence-electron chi connectivity index (χ4n) is 3.53. The fourth-order valence-corrected chi connectivity index (χ4v) is 3.53. The first-order valence-corrected chi connectivity index (χ1v) is 10.8. The summed E-state index contributed by atoms with van der Waals surface area (Å²) < 4.78 is 13.2. The third kappa shape index (κ3) is 5.69. The third-order valence-corrected chi connectivity index (χ3v) is 5.29. The highest BCUT2D eigenvalue weighted by atomic mass is 16.5. The highest BCUT2D eigenvalue weighted by Crippen LogP contribution is 2.29. The van der Waals surface area contributed by atoms with Gasteiger partial charge in [0.05, 0.1) is 7.11 Å². The summed E-state index contributed by atoms with van der Waals surface area (Å²) in [5.41, 5.74) is 2.71. The third-order valence-electron chi connectivity index (χ3n) is 5.29. The first-order chi connectivity index (χ1) is 16.6. The Balaban J connectivity index is 1.43. The molecular weight excluding hydrogens is 428 g/mol. The van der Waals surface area contributed by atoms with Crippen molar-refractivity contribution in [1.29, 1.82) is 0 Å². The van der Waals surface area contributed by atoms with E-state index in [9.17, 15) is 4.79 Å². The van der Waals surface area contributed by atoms with E-state index in [2.05, 4.69) is 15.3 Å². The summed E-state index contributed by atoms with van der Waals surface area (Å²) in [6.45, 7) is 0.447. The predicted octanol–water partition coefficient (Wildman–Crippen LogP) is 4.32. The molecule has 0 aliphatic heterocycles. The van der Waals surface area contributed by atoms with Gasteiger partial charge in [0.15, 0.2) is 0 Å². The molecule has 4 aromatic rings. The summed E-state index contributed by atoms with van der Waals surface area (Å²) in [5.74, 6) is 1.90. The molecule has 0 aliphatic carbocycles. The molecule has 1 N–H and O–H groups in total. The van der Waals surface area contributed by atoms with Gasteiger partial charge in [-0.3, -0.25) is 9.78 Å². The Labute approximate surface area is 198 Å². The molecule has 34 heavy (non-hydrogen) atoms. The number of rotatable bonds is 9. The number of amides is 1. The van der Waals surface area contributed by atoms with Crippen LogP contribution in [-0.2, 0) is 18.4 Å². The number of pyridine rings is 1. The molecule has 0 spiro atoms. The normalized spacial score (nSPS) is 11.8. The van der Waals surface area contributed by atoms with Crippen LogP contribution in [0.2, 0.25) is 0 Å². The zero-order valence-corrected chi connectivity index (χ0v) is 19.1. The van der Waals surface area contributed by atoms with Crippen molar-refractivity contribution in [2.24, 2.45) is 7.05 Å². The van der Waals surface area contributed by atoms with Gasteiger partial charge in [-0.05, 0) is 35.9 Å². The van der Waals surface area contributed by atoms with Crippen LogP contribution in [-0.4, -0.2) is 27.6 Å². The molecule has 0 fully saturated rings. The van der Waals surface area contributed by atoms with Crippen molar-refractivity contribution < 1.29 is 14.3 Å². The lowest BCUT2D eigenvalue weighted by atomic mass is 10.0. The summed E-state index contributed by atoms with van der Waals surface area (Å²) in [7, 11) is 3.50. The number of nitrogens with zero attached hydrogens (tertiary/aromatic N) is 3. The van der Waals surface area contributed by atoms with Gasteiger partial charge < -0.3 is 19.4 Å². The lowest BCUT2D eigenvalue weighted by Crippen LogP contribution is -2.30. The summed E-state index contributed by atoms with van der Waals surface area (Å²) in [4.78, 5) is 21.3. The number of carbonyl (C=O) groups is 1. The van der Waals surface area contributed by atoms with Crippen molar-refractivity contribution >= 4 is 12.0 Å². The largest absolute Gasteiger partial charge is 0.496 e. The minimum atomic E-state index is -0.462. The van der Waals surface area contributed by atoms with Gasteiger partial charge in [0, 0.05) is 49.0 Å². The minimum Gasteiger partial charge on any atom is -0.496 e. The van der Waals surface area contributed by atoms with E-state index in [-0.39, 0.29) is 5.91 Å². The monoisotopic (exact) mass is 454 g/mol. The molecule has 0 aliphatic rings. The van der Waals surface area contributed by atoms with Crippen LogP contribution in [0.1, 0.15) is 28.6 Å². The lowest BCUT2D eigenvalue weighted by Gasteiger charge is -2.20. The molecule has 2 aromatic carbocycles. The van der Waals surface area contributed by atoms with Gasteiger partial charge in [-0.1, -0.05) is 36.4 Å². The first kappa shape index (κ1) is 22.8. The molecule has 0 radical (unpaired) electrons. The highest BCUT2D eigenvalue weighted by Gasteiger charge is 2.23. The molecule has 1 amide bonds. The Bertz CT molecular complexity index is 1250. The number of benzene rings is 2. The van der Waals surface area contributed by atoms with Crippen LogP contribution in [0.25, 0.3) is 6.08 Å². The molecule has 0 saturated heterocycles. The Morgan fingerprint density at radius 1 is 1.09 bits per heavy atom. The number of aryl methyl sites for hydroxylation is 1. The molecule has 2 heterocycles. The number of hydrogen-bond acceptors (Lipinski definition) is 5. The molecule has 2 aromatic heterocycles. The van der Waals surface area contributed by atoms with Crippen molar-refractivity contribution in [3.8, 4) is 11.5 Å². The van der Waals surface area contributed by atoms with Crippen LogP contribution in [0.5, 0.6) is 11.5 Å². The van der Waals surface area contributed by atoms with Crippen LogP contribution >= 0.6 is 0 Å². The van der Waals surface area contributed by atoms with E-state index in [1.165, 1.54) is 6.08 Å². The van der Waals surface area contributed by atoms with Gasteiger partial charge in [-0.2, -0.15) is 0 Å². The van der Waals surface area contributed by atoms with Crippen molar-refractivity contribution in [1.82, 2.24) is 19.9 Å². The Morgan fingerprint density at radius 2 is 1.91 bits per heavy atom. The van der Waals surface area contributed by atoms with Crippen molar-refractivity contribution in [2.75, 3.05) is 7.11 Å². The quantitative estimate of drug-likeness (QED) is 0.381. The lowest BCUT2D eigenvalue weighted by molar-refractivity contribution is -0.117. The van der Waals surface area contributed by atoms with E-state index >= 15 is 0 Å². The van der Waals surface area contributed by atoms with Crippen LogP contribution in [0.3, 0.4) is 0 Å². The number of imidazole rings is 1. The topological polar surface area (TPSA) is 78.3 Å². The van der Waals surface area contributed by atoms with Crippen molar-refractivity contribution in [3.05, 3.63) is 114 Å². The number of carbonyl (C=O) groups excluding carboxylic acids is 1. The average Bonchev–Trinajstić information content (AvgIpc) is 3.31. The van der Waals surface area contributed by atoms with Crippen molar-refractivity contribution in [2.45, 2.75) is 12.6 Å². The standard InChI is InChI=1S/C27H26N4O3/c1-31-17-16-29-27(31)26(23-7-3-4-8-24(23)33-2)30-25(32)14-11-20-9-12-22(13-10-20)34-19-21-6-5-15-28-18-21/h3-18,26H,19H2,1-2H3,(H,30,32)/b14-11+. The van der Waals surface area contributed by atoms with Crippen LogP contribution in [0.15, 0.2) is 91.5 Å². The van der Waals surface area contributed by atoms with Gasteiger partial charge in [0.2, 0.25) is 5.91 Å². The second-order valence-electron chi connectivity index (χ2n) is 7.63. The van der Waals surface area contributed by atoms with Gasteiger partial charge in [0.1, 0.15) is 30.0 Å². The average molecular weight is 455 g/mol. The van der Waals surface area contributed by atoms with E-state index in [1.807, 2.05) is 78.5 Å². The zero-order valence-electron chi connectivity index (χ0n) is 19.1. The van der Waals surface area contributed by atoms with Gasteiger partial charge >= 0.3 is 0 Å². The second kappa shape index (κ2) is 11.0. The second-order valence-corrected chi connectivity index (χ2v) is 7.63. The Kier molecular flexibility index (Phi) is 7.35. The Morgan fingerprint density at radius 3 is 2.62 bits per heavy atom. The number of methoxy groups -OCH3 is 1. The fraction of sp³-hybridized carbons (Fsp3) is 0.148. The number of aromatic nitrogens is 3. The van der Waals surface area contributed by atoms with Crippen LogP contribution in [0.4, 0.5) is 0 Å². The molecule has 172 valence electrons. The minimum absolute atomic E-state index is 0.240. The van der Waals surface area contributed by atoms with Gasteiger partial charge in [-0.15, -0.1) is 0 Å². The molecular formula is C27H26N4O3. The molecule has 0 saturated carbocycles. The van der Waals surface area contributed by atoms with E-state index in [0.29, 0.717) is 18.2 Å². The molecule has 7 nitrogen and oxygen atoms in total. The molecule has 4 rings (SSSR count). The summed E-state index contributed by atoms with van der Waals surface area (Å²) in [6, 6.07) is 18.5. The first-order valence-electron chi connectivity index (χ1n) is 10.8. The Hall–Kier alpha value is -4.39. The van der Waals surface area contributed by atoms with Gasteiger partial charge in [-0.25, -0.2) is 4.98 Å². The number of nitrogens with one attached hydrogen (secondary N) is 1. The number of para-hydroxylation sites is 1. The van der Waals surface area contributed by atoms with Crippen LogP contribution < -0.4 is 14.8 Å². The molecule has 1 unspecified atom stereocenters. The number of ether oxygens (including phenoxy) is 2. The van der Waals surface area contributed by atoms with E-state index < -0.39 is 6.04 Å². The molecule has 0 bridgehead atoms. The molecule has 7 heteroatoms. The van der Waals surface area contributed by atoms with Crippen molar-refractivity contribution in [3.63, 3.8) is 0 Å². The van der Waals surface area contributed by atoms with E-state index in [4.69, 9.17) is 9.47 Å². The zero-order chi connectivity index (χ0) is 23.8. The SMILES string of the molecule is COc1ccccc1C(NC(=O)/C=C/c1ccc(OCc2cccnc2)cc1)c1nccn1C. The van der Waals surface area contributed by atoms with Crippen LogP contribution in [0, 0.1) is 0 Å². The summed E-state index contributed by atoms with van der Waals surface area (Å²) in [5, 5.41) is 3.05. The summed E-state index contributed by atoms with van der Waals surface area (Å²) >= 11 is 0. The summed E-state index contributed by atoms with van der Waals surface area (Å²) in [6.07, 6.45) is 10.3. The highest BCUT2D eigenvalue weighted by molar-refractivity contribution is 5.92. The number of hydrogen-bond donors (Lipinski definition) is 1.